The van der Waals surface area contributed by atoms with E-state index in [1.807, 2.05) is 45.0 Å². The highest BCUT2D eigenvalue weighted by atomic mass is 28.3. The largest absolute Gasteiger partial charge is 0.322 e. The lowest BCUT2D eigenvalue weighted by molar-refractivity contribution is -0.121. The van der Waals surface area contributed by atoms with E-state index in [2.05, 4.69) is 40.5 Å². The number of nitrogens with zero attached hydrogens (tertiary/aromatic N) is 2. The molecule has 1 aromatic heterocycles. The third-order valence-electron chi connectivity index (χ3n) is 7.33. The molecular formula is C23H33N5O2Si. The van der Waals surface area contributed by atoms with Gasteiger partial charge in [0.05, 0.1) is 25.9 Å². The molecule has 0 spiro atoms. The number of nitrogens with one attached hydrogen (secondary N) is 3. The Labute approximate surface area is 185 Å². The average molecular weight is 440 g/mol. The molecule has 0 bridgehead atoms. The molecule has 4 rings (SSSR count). The molecule has 31 heavy (non-hydrogen) atoms. The number of hydrogen-bond donors (Lipinski definition) is 3. The van der Waals surface area contributed by atoms with E-state index >= 15 is 0 Å². The van der Waals surface area contributed by atoms with Gasteiger partial charge in [-0.05, 0) is 45.7 Å². The smallest absolute Gasteiger partial charge is 0.309 e. The minimum Gasteiger partial charge on any atom is -0.309 e. The molecule has 3 amide bonds. The van der Waals surface area contributed by atoms with E-state index in [1.165, 1.54) is 0 Å². The number of H-pyrrole nitrogens is 1. The van der Waals surface area contributed by atoms with Gasteiger partial charge in [-0.15, -0.1) is 0 Å². The van der Waals surface area contributed by atoms with Crippen molar-refractivity contribution >= 4 is 31.5 Å². The summed E-state index contributed by atoms with van der Waals surface area (Å²) in [6.45, 7) is 13.2. The van der Waals surface area contributed by atoms with Crippen LogP contribution in [0.3, 0.4) is 0 Å². The lowest BCUT2D eigenvalue weighted by Crippen LogP contribution is -2.52. The van der Waals surface area contributed by atoms with Gasteiger partial charge in [-0.25, -0.2) is 4.79 Å². The molecule has 1 fully saturated rings. The predicted octanol–water partition coefficient (Wildman–Crippen LogP) is 5.20. The molecule has 0 saturated heterocycles. The highest BCUT2D eigenvalue weighted by molar-refractivity contribution is 6.83. The van der Waals surface area contributed by atoms with E-state index < -0.39 is 13.6 Å². The van der Waals surface area contributed by atoms with Crippen LogP contribution >= 0.6 is 0 Å². The van der Waals surface area contributed by atoms with Gasteiger partial charge in [-0.1, -0.05) is 43.8 Å². The van der Waals surface area contributed by atoms with Crippen molar-refractivity contribution < 1.29 is 9.59 Å². The second-order valence-electron chi connectivity index (χ2n) is 10.5. The number of aromatic nitrogens is 2. The van der Waals surface area contributed by atoms with E-state index in [-0.39, 0.29) is 17.0 Å². The molecular weight excluding hydrogens is 406 g/mol. The van der Waals surface area contributed by atoms with Gasteiger partial charge in [0.15, 0.2) is 5.82 Å². The van der Waals surface area contributed by atoms with Crippen molar-refractivity contribution in [2.24, 2.45) is 0 Å². The lowest BCUT2D eigenvalue weighted by atomic mass is 9.83. The van der Waals surface area contributed by atoms with Crippen LogP contribution in [0.2, 0.25) is 24.7 Å². The normalized spacial score (nSPS) is 18.8. The van der Waals surface area contributed by atoms with Crippen molar-refractivity contribution in [1.29, 1.82) is 0 Å². The fourth-order valence-corrected chi connectivity index (χ4v) is 7.45. The SMILES string of the molecule is Cc1ccc(NC(=O)N2Cc3c(NC(=O)C4([Si](C)(C)C)CCC4)n[nH]c3C2(C)C)cc1. The molecule has 1 aromatic carbocycles. The number of anilines is 2. The third-order valence-corrected chi connectivity index (χ3v) is 10.9. The molecule has 0 atom stereocenters. The van der Waals surface area contributed by atoms with Crippen molar-refractivity contribution in [1.82, 2.24) is 15.1 Å². The van der Waals surface area contributed by atoms with Gasteiger partial charge in [0.1, 0.15) is 0 Å². The number of fused-ring (bicyclic) bond motifs is 1. The topological polar surface area (TPSA) is 90.1 Å². The molecule has 1 aliphatic carbocycles. The Morgan fingerprint density at radius 3 is 2.29 bits per heavy atom. The van der Waals surface area contributed by atoms with E-state index in [0.29, 0.717) is 12.4 Å². The molecule has 2 aliphatic rings. The van der Waals surface area contributed by atoms with Crippen LogP contribution in [0.25, 0.3) is 0 Å². The number of aromatic amines is 1. The molecule has 2 aromatic rings. The molecule has 1 saturated carbocycles. The molecule has 0 radical (unpaired) electrons. The van der Waals surface area contributed by atoms with Crippen LogP contribution in [-0.4, -0.2) is 35.1 Å². The Bertz CT molecular complexity index is 1020. The highest BCUT2D eigenvalue weighted by Gasteiger charge is 2.54. The fourth-order valence-electron chi connectivity index (χ4n) is 4.85. The second-order valence-corrected chi connectivity index (χ2v) is 16.0. The van der Waals surface area contributed by atoms with Crippen molar-refractivity contribution in [3.8, 4) is 0 Å². The van der Waals surface area contributed by atoms with Gasteiger partial charge >= 0.3 is 6.03 Å². The quantitative estimate of drug-likeness (QED) is 0.572. The van der Waals surface area contributed by atoms with Crippen molar-refractivity contribution in [2.45, 2.75) is 76.8 Å². The van der Waals surface area contributed by atoms with E-state index in [1.54, 1.807) is 4.90 Å². The van der Waals surface area contributed by atoms with Gasteiger partial charge in [0, 0.05) is 16.3 Å². The van der Waals surface area contributed by atoms with Crippen molar-refractivity contribution in [3.63, 3.8) is 0 Å². The zero-order valence-corrected chi connectivity index (χ0v) is 20.3. The third kappa shape index (κ3) is 3.46. The van der Waals surface area contributed by atoms with Crippen LogP contribution in [-0.2, 0) is 16.9 Å². The number of urea groups is 1. The summed E-state index contributed by atoms with van der Waals surface area (Å²) in [5, 5.41) is 13.4. The Morgan fingerprint density at radius 2 is 1.74 bits per heavy atom. The molecule has 7 nitrogen and oxygen atoms in total. The predicted molar refractivity (Wildman–Crippen MR) is 126 cm³/mol. The summed E-state index contributed by atoms with van der Waals surface area (Å²) >= 11 is 0. The highest BCUT2D eigenvalue weighted by Crippen LogP contribution is 2.56. The summed E-state index contributed by atoms with van der Waals surface area (Å²) in [5.41, 5.74) is 3.10. The monoisotopic (exact) mass is 439 g/mol. The second kappa shape index (κ2) is 7.22. The summed E-state index contributed by atoms with van der Waals surface area (Å²) < 4.78 is 0. The van der Waals surface area contributed by atoms with Gasteiger partial charge in [-0.3, -0.25) is 9.89 Å². The van der Waals surface area contributed by atoms with Crippen LogP contribution in [0.5, 0.6) is 0 Å². The molecule has 8 heteroatoms. The first-order valence-corrected chi connectivity index (χ1v) is 14.5. The zero-order valence-electron chi connectivity index (χ0n) is 19.3. The average Bonchev–Trinajstić information content (AvgIpc) is 3.13. The Kier molecular flexibility index (Phi) is 5.03. The summed E-state index contributed by atoms with van der Waals surface area (Å²) in [5.74, 6) is 0.649. The van der Waals surface area contributed by atoms with Gasteiger partial charge in [0.25, 0.3) is 0 Å². The summed E-state index contributed by atoms with van der Waals surface area (Å²) in [6, 6.07) is 7.57. The summed E-state index contributed by atoms with van der Waals surface area (Å²) in [6.07, 6.45) is 3.02. The fraction of sp³-hybridized carbons (Fsp3) is 0.522. The number of benzene rings is 1. The maximum Gasteiger partial charge on any atom is 0.322 e. The zero-order chi connectivity index (χ0) is 22.6. The standard InChI is InChI=1S/C23H33N5O2Si/c1-15-8-10-16(11-9-15)24-21(30)28-14-17-18(22(28,2)3)26-27-19(17)25-20(29)23(12-7-13-23)31(4,5)6/h8-11H,7,12-14H2,1-6H3,(H,24,30)(H2,25,26,27,29). The van der Waals surface area contributed by atoms with E-state index in [0.717, 1.165) is 41.8 Å². The first kappa shape index (κ1) is 21.6. The molecule has 2 heterocycles. The van der Waals surface area contributed by atoms with Gasteiger partial charge in [0.2, 0.25) is 5.91 Å². The van der Waals surface area contributed by atoms with Crippen LogP contribution < -0.4 is 10.6 Å². The van der Waals surface area contributed by atoms with Crippen LogP contribution in [0.4, 0.5) is 16.3 Å². The van der Waals surface area contributed by atoms with Gasteiger partial charge < -0.3 is 15.5 Å². The number of amides is 3. The first-order valence-electron chi connectivity index (χ1n) is 11.0. The first-order chi connectivity index (χ1) is 14.5. The number of aryl methyl sites for hydroxylation is 1. The van der Waals surface area contributed by atoms with Crippen LogP contribution in [0.1, 0.15) is 49.9 Å². The molecule has 3 N–H and O–H groups in total. The van der Waals surface area contributed by atoms with Gasteiger partial charge in [-0.2, -0.15) is 5.10 Å². The Hall–Kier alpha value is -2.61. The minimum absolute atomic E-state index is 0.0904. The Balaban J connectivity index is 1.53. The maximum atomic E-state index is 13.3. The van der Waals surface area contributed by atoms with Crippen LogP contribution in [0.15, 0.2) is 24.3 Å². The lowest BCUT2D eigenvalue weighted by Gasteiger charge is -2.48. The minimum atomic E-state index is -1.68. The number of carbonyl (C=O) groups is 2. The molecule has 166 valence electrons. The number of hydrogen-bond acceptors (Lipinski definition) is 3. The Morgan fingerprint density at radius 1 is 1.10 bits per heavy atom. The van der Waals surface area contributed by atoms with E-state index in [9.17, 15) is 9.59 Å². The summed E-state index contributed by atoms with van der Waals surface area (Å²) in [7, 11) is -1.68. The van der Waals surface area contributed by atoms with Crippen LogP contribution in [0, 0.1) is 6.92 Å². The number of rotatable bonds is 4. The number of carbonyl (C=O) groups excluding carboxylic acids is 2. The van der Waals surface area contributed by atoms with Crippen molar-refractivity contribution in [3.05, 3.63) is 41.1 Å². The molecule has 0 unspecified atom stereocenters. The maximum absolute atomic E-state index is 13.3. The molecule has 1 aliphatic heterocycles. The van der Waals surface area contributed by atoms with Crippen molar-refractivity contribution in [2.75, 3.05) is 10.6 Å². The van der Waals surface area contributed by atoms with E-state index in [4.69, 9.17) is 0 Å². The summed E-state index contributed by atoms with van der Waals surface area (Å²) in [4.78, 5) is 28.1.